The van der Waals surface area contributed by atoms with E-state index in [4.69, 9.17) is 10.5 Å². The van der Waals surface area contributed by atoms with E-state index in [1.54, 1.807) is 0 Å². The molecule has 1 aliphatic carbocycles. The van der Waals surface area contributed by atoms with Crippen LogP contribution >= 0.6 is 0 Å². The largest absolute Gasteiger partial charge is 0.491 e. The topological polar surface area (TPSA) is 35.2 Å². The second-order valence-electron chi connectivity index (χ2n) is 5.14. The van der Waals surface area contributed by atoms with E-state index in [2.05, 4.69) is 24.3 Å². The lowest BCUT2D eigenvalue weighted by Gasteiger charge is -2.25. The smallest absolute Gasteiger partial charge is 0.142 e. The number of nitrogen functional groups attached to an aromatic ring is 1. The van der Waals surface area contributed by atoms with Gasteiger partial charge in [-0.25, -0.2) is 0 Å². The molecule has 0 aliphatic heterocycles. The van der Waals surface area contributed by atoms with E-state index in [0.29, 0.717) is 18.2 Å². The van der Waals surface area contributed by atoms with E-state index in [1.807, 2.05) is 24.3 Å². The first-order valence-corrected chi connectivity index (χ1v) is 6.89. The molecule has 19 heavy (non-hydrogen) atoms. The molecular weight excluding hydrogens is 234 g/mol. The molecule has 2 N–H and O–H groups in total. The van der Waals surface area contributed by atoms with Crippen molar-refractivity contribution in [3.05, 3.63) is 59.7 Å². The molecule has 2 aromatic rings. The van der Waals surface area contributed by atoms with Gasteiger partial charge >= 0.3 is 0 Å². The number of fused-ring (bicyclic) bond motifs is 1. The lowest BCUT2D eigenvalue weighted by atomic mass is 9.83. The van der Waals surface area contributed by atoms with Crippen molar-refractivity contribution in [2.45, 2.75) is 25.2 Å². The van der Waals surface area contributed by atoms with E-state index in [1.165, 1.54) is 30.4 Å². The number of aryl methyl sites for hydroxylation is 1. The quantitative estimate of drug-likeness (QED) is 0.845. The van der Waals surface area contributed by atoms with Gasteiger partial charge in [-0.2, -0.15) is 0 Å². The number of hydrogen-bond donors (Lipinski definition) is 1. The third kappa shape index (κ3) is 2.58. The van der Waals surface area contributed by atoms with Crippen molar-refractivity contribution in [3.63, 3.8) is 0 Å². The van der Waals surface area contributed by atoms with E-state index in [9.17, 15) is 0 Å². The number of nitrogens with two attached hydrogens (primary N) is 1. The Kier molecular flexibility index (Phi) is 3.41. The number of anilines is 1. The zero-order chi connectivity index (χ0) is 13.1. The number of para-hydroxylation sites is 2. The van der Waals surface area contributed by atoms with Gasteiger partial charge in [-0.05, 0) is 42.5 Å². The van der Waals surface area contributed by atoms with Gasteiger partial charge in [0.25, 0.3) is 0 Å². The van der Waals surface area contributed by atoms with E-state index < -0.39 is 0 Å². The Labute approximate surface area is 114 Å². The fourth-order valence-corrected chi connectivity index (χ4v) is 2.83. The molecule has 2 aromatic carbocycles. The zero-order valence-electron chi connectivity index (χ0n) is 11.0. The van der Waals surface area contributed by atoms with E-state index in [0.717, 1.165) is 5.75 Å². The van der Waals surface area contributed by atoms with E-state index in [-0.39, 0.29) is 0 Å². The van der Waals surface area contributed by atoms with Crippen LogP contribution < -0.4 is 10.5 Å². The summed E-state index contributed by atoms with van der Waals surface area (Å²) in [4.78, 5) is 0. The summed E-state index contributed by atoms with van der Waals surface area (Å²) in [5.41, 5.74) is 9.54. The predicted molar refractivity (Wildman–Crippen MR) is 78.5 cm³/mol. The SMILES string of the molecule is Nc1ccccc1OCC1CCCc2ccccc21. The molecule has 0 saturated heterocycles. The molecule has 1 aliphatic rings. The lowest BCUT2D eigenvalue weighted by molar-refractivity contribution is 0.276. The Hall–Kier alpha value is -1.96. The Morgan fingerprint density at radius 2 is 1.84 bits per heavy atom. The van der Waals surface area contributed by atoms with Gasteiger partial charge in [0.1, 0.15) is 5.75 Å². The van der Waals surface area contributed by atoms with Crippen molar-refractivity contribution in [1.82, 2.24) is 0 Å². The minimum absolute atomic E-state index is 0.490. The molecule has 2 heteroatoms. The van der Waals surface area contributed by atoms with Crippen LogP contribution in [-0.2, 0) is 6.42 Å². The van der Waals surface area contributed by atoms with Gasteiger partial charge in [0.2, 0.25) is 0 Å². The fourth-order valence-electron chi connectivity index (χ4n) is 2.83. The van der Waals surface area contributed by atoms with Gasteiger partial charge in [-0.15, -0.1) is 0 Å². The van der Waals surface area contributed by atoms with Crippen LogP contribution in [0.25, 0.3) is 0 Å². The van der Waals surface area contributed by atoms with Crippen LogP contribution in [0, 0.1) is 0 Å². The molecule has 2 nitrogen and oxygen atoms in total. The first kappa shape index (κ1) is 12.1. The van der Waals surface area contributed by atoms with Crippen molar-refractivity contribution in [3.8, 4) is 5.75 Å². The standard InChI is InChI=1S/C17H19NO/c18-16-10-3-4-11-17(16)19-12-14-8-5-7-13-6-1-2-9-15(13)14/h1-4,6,9-11,14H,5,7-8,12,18H2. The molecule has 0 spiro atoms. The van der Waals surface area contributed by atoms with Crippen LogP contribution in [0.1, 0.15) is 29.9 Å². The van der Waals surface area contributed by atoms with Gasteiger partial charge in [0, 0.05) is 5.92 Å². The highest BCUT2D eigenvalue weighted by Gasteiger charge is 2.20. The second kappa shape index (κ2) is 5.35. The third-order valence-corrected chi connectivity index (χ3v) is 3.85. The summed E-state index contributed by atoms with van der Waals surface area (Å²) in [7, 11) is 0. The molecular formula is C17H19NO. The molecule has 0 bridgehead atoms. The highest BCUT2D eigenvalue weighted by atomic mass is 16.5. The van der Waals surface area contributed by atoms with Crippen LogP contribution in [0.2, 0.25) is 0 Å². The second-order valence-corrected chi connectivity index (χ2v) is 5.14. The van der Waals surface area contributed by atoms with Crippen molar-refractivity contribution in [2.24, 2.45) is 0 Å². The van der Waals surface area contributed by atoms with Crippen molar-refractivity contribution >= 4 is 5.69 Å². The number of hydrogen-bond acceptors (Lipinski definition) is 2. The van der Waals surface area contributed by atoms with Crippen molar-refractivity contribution in [2.75, 3.05) is 12.3 Å². The Morgan fingerprint density at radius 1 is 1.05 bits per heavy atom. The Balaban J connectivity index is 1.73. The van der Waals surface area contributed by atoms with Crippen molar-refractivity contribution < 1.29 is 4.74 Å². The van der Waals surface area contributed by atoms with Gasteiger partial charge in [0.15, 0.2) is 0 Å². The molecule has 0 saturated carbocycles. The summed E-state index contributed by atoms with van der Waals surface area (Å²) in [6, 6.07) is 16.4. The lowest BCUT2D eigenvalue weighted by Crippen LogP contribution is -2.16. The average molecular weight is 253 g/mol. The molecule has 1 unspecified atom stereocenters. The average Bonchev–Trinajstić information content (AvgIpc) is 2.46. The Bertz CT molecular complexity index is 565. The number of ether oxygens (including phenoxy) is 1. The van der Waals surface area contributed by atoms with Crippen LogP contribution in [-0.4, -0.2) is 6.61 Å². The highest BCUT2D eigenvalue weighted by Crippen LogP contribution is 2.32. The molecule has 0 fully saturated rings. The maximum absolute atomic E-state index is 5.91. The highest BCUT2D eigenvalue weighted by molar-refractivity contribution is 5.51. The van der Waals surface area contributed by atoms with Crippen LogP contribution in [0.15, 0.2) is 48.5 Å². The van der Waals surface area contributed by atoms with Crippen molar-refractivity contribution in [1.29, 1.82) is 0 Å². The van der Waals surface area contributed by atoms with Gasteiger partial charge in [-0.3, -0.25) is 0 Å². The molecule has 98 valence electrons. The normalized spacial score (nSPS) is 17.8. The maximum atomic E-state index is 5.91. The number of benzene rings is 2. The Morgan fingerprint density at radius 3 is 2.74 bits per heavy atom. The van der Waals surface area contributed by atoms with Gasteiger partial charge < -0.3 is 10.5 Å². The summed E-state index contributed by atoms with van der Waals surface area (Å²) in [5.74, 6) is 1.29. The maximum Gasteiger partial charge on any atom is 0.142 e. The zero-order valence-corrected chi connectivity index (χ0v) is 11.0. The first-order chi connectivity index (χ1) is 9.34. The van der Waals surface area contributed by atoms with Crippen LogP contribution in [0.5, 0.6) is 5.75 Å². The van der Waals surface area contributed by atoms with Crippen LogP contribution in [0.4, 0.5) is 5.69 Å². The van der Waals surface area contributed by atoms with E-state index >= 15 is 0 Å². The van der Waals surface area contributed by atoms with Crippen LogP contribution in [0.3, 0.4) is 0 Å². The van der Waals surface area contributed by atoms with Gasteiger partial charge in [0.05, 0.1) is 12.3 Å². The summed E-state index contributed by atoms with van der Waals surface area (Å²) in [5, 5.41) is 0. The van der Waals surface area contributed by atoms with Gasteiger partial charge in [-0.1, -0.05) is 36.4 Å². The molecule has 3 rings (SSSR count). The molecule has 0 amide bonds. The summed E-state index contributed by atoms with van der Waals surface area (Å²) in [6.45, 7) is 0.714. The molecule has 1 atom stereocenters. The molecule has 0 radical (unpaired) electrons. The third-order valence-electron chi connectivity index (χ3n) is 3.85. The fraction of sp³-hybridized carbons (Fsp3) is 0.294. The summed E-state index contributed by atoms with van der Waals surface area (Å²) >= 11 is 0. The molecule has 0 aromatic heterocycles. The minimum Gasteiger partial charge on any atom is -0.491 e. The molecule has 0 heterocycles. The predicted octanol–water partition coefficient (Wildman–Crippen LogP) is 3.77. The summed E-state index contributed by atoms with van der Waals surface area (Å²) in [6.07, 6.45) is 3.64. The number of rotatable bonds is 3. The summed E-state index contributed by atoms with van der Waals surface area (Å²) < 4.78 is 5.91. The minimum atomic E-state index is 0.490. The first-order valence-electron chi connectivity index (χ1n) is 6.89. The monoisotopic (exact) mass is 253 g/mol.